The lowest BCUT2D eigenvalue weighted by Gasteiger charge is -2.05. The molecule has 0 aliphatic heterocycles. The highest BCUT2D eigenvalue weighted by atomic mass is 32.2. The first-order chi connectivity index (χ1) is 5.82. The fraction of sp³-hybridized carbons (Fsp3) is 0.250. The molecule has 1 aromatic carbocycles. The molecule has 13 heavy (non-hydrogen) atoms. The van der Waals surface area contributed by atoms with E-state index in [1.54, 1.807) is 19.9 Å². The molecule has 1 radical (unpaired) electrons. The molecule has 0 saturated carbocycles. The zero-order valence-electron chi connectivity index (χ0n) is 7.23. The van der Waals surface area contributed by atoms with Crippen molar-refractivity contribution in [2.75, 3.05) is 0 Å². The van der Waals surface area contributed by atoms with Gasteiger partial charge >= 0.3 is 0 Å². The van der Waals surface area contributed by atoms with Crippen LogP contribution >= 0.6 is 12.6 Å². The van der Waals surface area contributed by atoms with Crippen LogP contribution < -0.4 is 0 Å². The van der Waals surface area contributed by atoms with E-state index in [9.17, 15) is 8.42 Å². The number of aryl methyl sites for hydroxylation is 2. The standard InChI is InChI=1S/C8H9O3S2/c1-5-3-6(2)8(4-7(5)12)13(9,10)11/h3-4H,1-2H3,(H,9,10,11). The van der Waals surface area contributed by atoms with Crippen molar-refractivity contribution in [3.63, 3.8) is 0 Å². The Morgan fingerprint density at radius 2 is 1.77 bits per heavy atom. The molecule has 0 aliphatic rings. The first-order valence-electron chi connectivity index (χ1n) is 3.58. The molecule has 0 saturated heterocycles. The maximum absolute atomic E-state index is 10.8. The van der Waals surface area contributed by atoms with Crippen molar-refractivity contribution >= 4 is 22.7 Å². The van der Waals surface area contributed by atoms with E-state index in [2.05, 4.69) is 0 Å². The van der Waals surface area contributed by atoms with Gasteiger partial charge in [0.15, 0.2) is 0 Å². The van der Waals surface area contributed by atoms with Crippen LogP contribution in [0.2, 0.25) is 0 Å². The van der Waals surface area contributed by atoms with Gasteiger partial charge in [0.25, 0.3) is 10.1 Å². The minimum absolute atomic E-state index is 0.108. The van der Waals surface area contributed by atoms with Crippen LogP contribution in [0.3, 0.4) is 0 Å². The Kier molecular flexibility index (Phi) is 2.61. The molecule has 0 atom stereocenters. The molecule has 0 heterocycles. The van der Waals surface area contributed by atoms with E-state index in [0.29, 0.717) is 10.5 Å². The highest BCUT2D eigenvalue weighted by molar-refractivity contribution is 7.86. The van der Waals surface area contributed by atoms with Gasteiger partial charge < -0.3 is 0 Å². The summed E-state index contributed by atoms with van der Waals surface area (Å²) in [5, 5.41) is 0. The molecule has 71 valence electrons. The summed E-state index contributed by atoms with van der Waals surface area (Å²) in [7, 11) is -4.14. The summed E-state index contributed by atoms with van der Waals surface area (Å²) in [5.41, 5.74) is 1.34. The van der Waals surface area contributed by atoms with Crippen molar-refractivity contribution in [1.29, 1.82) is 0 Å². The molecular formula is C8H9O3S2. The summed E-state index contributed by atoms with van der Waals surface area (Å²) in [4.78, 5) is 0.335. The van der Waals surface area contributed by atoms with Gasteiger partial charge in [0.05, 0.1) is 4.90 Å². The lowest BCUT2D eigenvalue weighted by Crippen LogP contribution is -2.01. The first kappa shape index (κ1) is 10.4. The predicted molar refractivity (Wildman–Crippen MR) is 51.6 cm³/mol. The SMILES string of the molecule is Cc1cc(C)c(S(=O)(=O)O)cc1[S]. The third kappa shape index (κ3) is 2.18. The molecule has 0 unspecified atom stereocenters. The summed E-state index contributed by atoms with van der Waals surface area (Å²) < 4.78 is 30.5. The van der Waals surface area contributed by atoms with Crippen LogP contribution in [0.1, 0.15) is 11.1 Å². The zero-order chi connectivity index (χ0) is 10.2. The summed E-state index contributed by atoms with van der Waals surface area (Å²) in [6.07, 6.45) is 0. The van der Waals surface area contributed by atoms with Gasteiger partial charge in [-0.2, -0.15) is 8.42 Å². The van der Waals surface area contributed by atoms with Crippen molar-refractivity contribution in [2.24, 2.45) is 0 Å². The third-order valence-corrected chi connectivity index (χ3v) is 3.19. The second kappa shape index (κ2) is 3.25. The highest BCUT2D eigenvalue weighted by Gasteiger charge is 2.14. The molecule has 0 aliphatic carbocycles. The fourth-order valence-electron chi connectivity index (χ4n) is 1.09. The molecule has 1 N–H and O–H groups in total. The average Bonchev–Trinajstić information content (AvgIpc) is 1.94. The largest absolute Gasteiger partial charge is 0.294 e. The Morgan fingerprint density at radius 3 is 2.23 bits per heavy atom. The molecule has 3 nitrogen and oxygen atoms in total. The Balaban J connectivity index is 3.50. The van der Waals surface area contributed by atoms with Crippen molar-refractivity contribution in [3.8, 4) is 0 Å². The topological polar surface area (TPSA) is 54.4 Å². The Morgan fingerprint density at radius 1 is 1.23 bits per heavy atom. The summed E-state index contributed by atoms with van der Waals surface area (Å²) >= 11 is 4.89. The smallest absolute Gasteiger partial charge is 0.282 e. The minimum Gasteiger partial charge on any atom is -0.282 e. The first-order valence-corrected chi connectivity index (χ1v) is 5.43. The lowest BCUT2D eigenvalue weighted by atomic mass is 10.2. The number of hydrogen-bond acceptors (Lipinski definition) is 2. The van der Waals surface area contributed by atoms with E-state index in [1.165, 1.54) is 6.07 Å². The quantitative estimate of drug-likeness (QED) is 0.733. The lowest BCUT2D eigenvalue weighted by molar-refractivity contribution is 0.482. The van der Waals surface area contributed by atoms with Gasteiger partial charge in [0, 0.05) is 4.90 Å². The zero-order valence-corrected chi connectivity index (χ0v) is 8.87. The second-order valence-electron chi connectivity index (χ2n) is 2.86. The van der Waals surface area contributed by atoms with Crippen LogP contribution in [0.5, 0.6) is 0 Å². The van der Waals surface area contributed by atoms with Crippen molar-refractivity contribution < 1.29 is 13.0 Å². The van der Waals surface area contributed by atoms with Crippen LogP contribution in [0.25, 0.3) is 0 Å². The minimum atomic E-state index is -4.14. The molecule has 0 spiro atoms. The van der Waals surface area contributed by atoms with Gasteiger partial charge in [-0.1, -0.05) is 18.7 Å². The second-order valence-corrected chi connectivity index (χ2v) is 4.69. The van der Waals surface area contributed by atoms with E-state index >= 15 is 0 Å². The molecule has 5 heteroatoms. The van der Waals surface area contributed by atoms with E-state index < -0.39 is 10.1 Å². The van der Waals surface area contributed by atoms with E-state index in [-0.39, 0.29) is 4.90 Å². The van der Waals surface area contributed by atoms with Gasteiger partial charge in [-0.15, -0.1) is 0 Å². The van der Waals surface area contributed by atoms with Crippen molar-refractivity contribution in [2.45, 2.75) is 23.6 Å². The fourth-order valence-corrected chi connectivity index (χ4v) is 2.08. The molecule has 0 amide bonds. The van der Waals surface area contributed by atoms with Crippen LogP contribution in [-0.2, 0) is 10.1 Å². The predicted octanol–water partition coefficient (Wildman–Crippen LogP) is 2.11. The van der Waals surface area contributed by atoms with Crippen LogP contribution in [0.15, 0.2) is 21.9 Å². The van der Waals surface area contributed by atoms with E-state index in [4.69, 9.17) is 17.2 Å². The molecule has 0 fully saturated rings. The molecular weight excluding hydrogens is 208 g/mol. The van der Waals surface area contributed by atoms with Crippen LogP contribution in [0, 0.1) is 13.8 Å². The van der Waals surface area contributed by atoms with E-state index in [0.717, 1.165) is 5.56 Å². The maximum atomic E-state index is 10.8. The molecule has 0 aromatic heterocycles. The van der Waals surface area contributed by atoms with Gasteiger partial charge in [0.2, 0.25) is 0 Å². The van der Waals surface area contributed by atoms with Gasteiger partial charge in [-0.05, 0) is 31.0 Å². The van der Waals surface area contributed by atoms with Gasteiger partial charge in [-0.25, -0.2) is 0 Å². The number of rotatable bonds is 1. The Hall–Kier alpha value is -0.650. The summed E-state index contributed by atoms with van der Waals surface area (Å²) in [6.45, 7) is 3.41. The normalized spacial score (nSPS) is 11.6. The molecule has 1 rings (SSSR count). The Labute approximate surface area is 82.9 Å². The summed E-state index contributed by atoms with van der Waals surface area (Å²) in [5.74, 6) is 0. The van der Waals surface area contributed by atoms with Gasteiger partial charge in [-0.3, -0.25) is 4.55 Å². The average molecular weight is 217 g/mol. The van der Waals surface area contributed by atoms with E-state index in [1.807, 2.05) is 0 Å². The van der Waals surface area contributed by atoms with Crippen molar-refractivity contribution in [1.82, 2.24) is 0 Å². The summed E-state index contributed by atoms with van der Waals surface area (Å²) in [6, 6.07) is 2.95. The van der Waals surface area contributed by atoms with Crippen LogP contribution in [0.4, 0.5) is 0 Å². The Bertz CT molecular complexity index is 435. The number of benzene rings is 1. The molecule has 1 aromatic rings. The van der Waals surface area contributed by atoms with Gasteiger partial charge in [0.1, 0.15) is 0 Å². The highest BCUT2D eigenvalue weighted by Crippen LogP contribution is 2.22. The van der Waals surface area contributed by atoms with Crippen molar-refractivity contribution in [3.05, 3.63) is 23.3 Å². The monoisotopic (exact) mass is 217 g/mol. The number of hydrogen-bond donors (Lipinski definition) is 1. The van der Waals surface area contributed by atoms with Crippen LogP contribution in [-0.4, -0.2) is 13.0 Å². The maximum Gasteiger partial charge on any atom is 0.294 e. The molecule has 0 bridgehead atoms. The third-order valence-electron chi connectivity index (χ3n) is 1.75.